The van der Waals surface area contributed by atoms with Gasteiger partial charge in [0.1, 0.15) is 0 Å². The molecule has 1 nitrogen and oxygen atoms in total. The molecule has 0 bridgehead atoms. The highest BCUT2D eigenvalue weighted by atomic mass is 16.3. The Bertz CT molecular complexity index is 199. The molecule has 0 amide bonds. The molecule has 0 spiro atoms. The van der Waals surface area contributed by atoms with Crippen molar-refractivity contribution in [3.05, 3.63) is 12.7 Å². The lowest BCUT2D eigenvalue weighted by molar-refractivity contribution is 0.0602. The number of rotatable bonds is 2. The highest BCUT2D eigenvalue weighted by molar-refractivity contribution is 4.91. The van der Waals surface area contributed by atoms with Crippen molar-refractivity contribution < 1.29 is 5.11 Å². The van der Waals surface area contributed by atoms with Gasteiger partial charge in [-0.1, -0.05) is 31.8 Å². The van der Waals surface area contributed by atoms with E-state index in [4.69, 9.17) is 0 Å². The summed E-state index contributed by atoms with van der Waals surface area (Å²) in [6, 6.07) is 0. The first-order chi connectivity index (χ1) is 6.81. The summed E-state index contributed by atoms with van der Waals surface area (Å²) in [5, 5.41) is 9.75. The zero-order valence-electron chi connectivity index (χ0n) is 8.99. The maximum Gasteiger partial charge on any atom is 0.0746 e. The van der Waals surface area contributed by atoms with Crippen molar-refractivity contribution in [2.45, 2.75) is 51.0 Å². The van der Waals surface area contributed by atoms with Crippen LogP contribution in [0.25, 0.3) is 0 Å². The second kappa shape index (κ2) is 4.48. The molecule has 2 rings (SSSR count). The van der Waals surface area contributed by atoms with Crippen LogP contribution in [0.4, 0.5) is 0 Å². The number of fused-ring (bicyclic) bond motifs is 1. The van der Waals surface area contributed by atoms with Gasteiger partial charge in [0.2, 0.25) is 0 Å². The van der Waals surface area contributed by atoms with Gasteiger partial charge in [0.15, 0.2) is 0 Å². The minimum absolute atomic E-state index is 0.252. The monoisotopic (exact) mass is 194 g/mol. The summed E-state index contributed by atoms with van der Waals surface area (Å²) >= 11 is 0. The molecule has 0 aromatic heterocycles. The third-order valence-electron chi connectivity index (χ3n) is 4.30. The molecule has 14 heavy (non-hydrogen) atoms. The van der Waals surface area contributed by atoms with Gasteiger partial charge in [-0.2, -0.15) is 0 Å². The summed E-state index contributed by atoms with van der Waals surface area (Å²) < 4.78 is 0. The van der Waals surface area contributed by atoms with Gasteiger partial charge in [-0.15, -0.1) is 6.58 Å². The molecule has 4 unspecified atom stereocenters. The fraction of sp³-hybridized carbons (Fsp3) is 0.846. The molecule has 0 aromatic carbocycles. The lowest BCUT2D eigenvalue weighted by Gasteiger charge is -2.40. The van der Waals surface area contributed by atoms with E-state index in [9.17, 15) is 5.11 Å². The smallest absolute Gasteiger partial charge is 0.0746 e. The molecule has 2 aliphatic rings. The van der Waals surface area contributed by atoms with E-state index in [0.29, 0.717) is 5.92 Å². The van der Waals surface area contributed by atoms with Crippen molar-refractivity contribution in [2.24, 2.45) is 17.8 Å². The third-order valence-corrected chi connectivity index (χ3v) is 4.30. The third kappa shape index (κ3) is 2.03. The molecule has 2 aliphatic carbocycles. The van der Waals surface area contributed by atoms with Crippen molar-refractivity contribution >= 4 is 0 Å². The Labute approximate surface area is 87.2 Å². The first-order valence-electron chi connectivity index (χ1n) is 6.12. The van der Waals surface area contributed by atoms with Gasteiger partial charge in [-0.3, -0.25) is 0 Å². The molecule has 0 radical (unpaired) electrons. The van der Waals surface area contributed by atoms with Gasteiger partial charge >= 0.3 is 0 Å². The van der Waals surface area contributed by atoms with Gasteiger partial charge in [-0.05, 0) is 37.0 Å². The number of hydrogen-bond donors (Lipinski definition) is 1. The maximum atomic E-state index is 9.75. The van der Waals surface area contributed by atoms with Gasteiger partial charge in [0.25, 0.3) is 0 Å². The summed E-state index contributed by atoms with van der Waals surface area (Å²) in [6.07, 6.45) is 11.0. The molecule has 2 saturated carbocycles. The zero-order chi connectivity index (χ0) is 9.97. The topological polar surface area (TPSA) is 20.2 Å². The normalized spacial score (nSPS) is 39.9. The molecule has 0 saturated heterocycles. The van der Waals surface area contributed by atoms with Crippen molar-refractivity contribution in [1.82, 2.24) is 0 Å². The number of hydrogen-bond acceptors (Lipinski definition) is 1. The van der Waals surface area contributed by atoms with Gasteiger partial charge in [0.05, 0.1) is 6.10 Å². The van der Waals surface area contributed by atoms with Crippen molar-refractivity contribution in [3.63, 3.8) is 0 Å². The van der Waals surface area contributed by atoms with Crippen LogP contribution in [0.1, 0.15) is 44.9 Å². The Morgan fingerprint density at radius 2 is 1.79 bits per heavy atom. The van der Waals surface area contributed by atoms with E-state index in [2.05, 4.69) is 6.58 Å². The Balaban J connectivity index is 1.92. The number of aliphatic hydroxyl groups is 1. The van der Waals surface area contributed by atoms with Gasteiger partial charge in [-0.25, -0.2) is 0 Å². The van der Waals surface area contributed by atoms with Gasteiger partial charge < -0.3 is 5.11 Å². The van der Waals surface area contributed by atoms with Crippen molar-refractivity contribution in [1.29, 1.82) is 0 Å². The fourth-order valence-electron chi connectivity index (χ4n) is 3.41. The van der Waals surface area contributed by atoms with E-state index in [-0.39, 0.29) is 6.10 Å². The minimum atomic E-state index is -0.252. The van der Waals surface area contributed by atoms with Gasteiger partial charge in [0, 0.05) is 0 Å². The van der Waals surface area contributed by atoms with E-state index in [1.807, 2.05) is 0 Å². The number of aliphatic hydroxyl groups excluding tert-OH is 1. The van der Waals surface area contributed by atoms with E-state index in [0.717, 1.165) is 11.8 Å². The summed E-state index contributed by atoms with van der Waals surface area (Å²) in [5.41, 5.74) is 0. The van der Waals surface area contributed by atoms with Crippen LogP contribution >= 0.6 is 0 Å². The van der Waals surface area contributed by atoms with Crippen molar-refractivity contribution in [2.75, 3.05) is 0 Å². The fourth-order valence-corrected chi connectivity index (χ4v) is 3.41. The van der Waals surface area contributed by atoms with Crippen molar-refractivity contribution in [3.8, 4) is 0 Å². The highest BCUT2D eigenvalue weighted by Crippen LogP contribution is 2.43. The molecule has 4 atom stereocenters. The SMILES string of the molecule is C=CC(O)C1CCC2CCCCC2C1. The van der Waals surface area contributed by atoms with E-state index < -0.39 is 0 Å². The molecule has 80 valence electrons. The zero-order valence-corrected chi connectivity index (χ0v) is 8.99. The average Bonchev–Trinajstić information content (AvgIpc) is 2.27. The van der Waals surface area contributed by atoms with Crippen LogP contribution in [-0.2, 0) is 0 Å². The molecule has 0 aliphatic heterocycles. The quantitative estimate of drug-likeness (QED) is 0.670. The average molecular weight is 194 g/mol. The largest absolute Gasteiger partial charge is 0.389 e. The Morgan fingerprint density at radius 3 is 2.50 bits per heavy atom. The first kappa shape index (κ1) is 10.2. The Morgan fingerprint density at radius 1 is 1.07 bits per heavy atom. The van der Waals surface area contributed by atoms with Crippen LogP contribution in [0, 0.1) is 17.8 Å². The summed E-state index contributed by atoms with van der Waals surface area (Å²) in [7, 11) is 0. The van der Waals surface area contributed by atoms with Crippen LogP contribution in [0.3, 0.4) is 0 Å². The van der Waals surface area contributed by atoms with Crippen LogP contribution in [-0.4, -0.2) is 11.2 Å². The van der Waals surface area contributed by atoms with E-state index in [1.54, 1.807) is 6.08 Å². The van der Waals surface area contributed by atoms with E-state index in [1.165, 1.54) is 44.9 Å². The predicted octanol–water partition coefficient (Wildman–Crippen LogP) is 3.14. The molecule has 0 heterocycles. The summed E-state index contributed by atoms with van der Waals surface area (Å²) in [5.74, 6) is 2.40. The molecular weight excluding hydrogens is 172 g/mol. The summed E-state index contributed by atoms with van der Waals surface area (Å²) in [6.45, 7) is 3.69. The Hall–Kier alpha value is -0.300. The van der Waals surface area contributed by atoms with E-state index >= 15 is 0 Å². The molecule has 1 N–H and O–H groups in total. The summed E-state index contributed by atoms with van der Waals surface area (Å²) in [4.78, 5) is 0. The predicted molar refractivity (Wildman–Crippen MR) is 59.0 cm³/mol. The molecule has 0 aromatic rings. The Kier molecular flexibility index (Phi) is 3.27. The molecular formula is C13H22O. The molecule has 2 fully saturated rings. The lowest BCUT2D eigenvalue weighted by Crippen LogP contribution is -2.32. The lowest BCUT2D eigenvalue weighted by atomic mass is 9.66. The first-order valence-corrected chi connectivity index (χ1v) is 6.12. The second-order valence-corrected chi connectivity index (χ2v) is 5.10. The minimum Gasteiger partial charge on any atom is -0.389 e. The standard InChI is InChI=1S/C13H22O/c1-2-13(14)12-8-7-10-5-3-4-6-11(10)9-12/h2,10-14H,1,3-9H2. The van der Waals surface area contributed by atoms with Crippen LogP contribution in [0.5, 0.6) is 0 Å². The van der Waals surface area contributed by atoms with Crippen LogP contribution < -0.4 is 0 Å². The maximum absolute atomic E-state index is 9.75. The second-order valence-electron chi connectivity index (χ2n) is 5.10. The molecule has 1 heteroatoms. The van der Waals surface area contributed by atoms with Crippen LogP contribution in [0.15, 0.2) is 12.7 Å². The highest BCUT2D eigenvalue weighted by Gasteiger charge is 2.33. The van der Waals surface area contributed by atoms with Crippen LogP contribution in [0.2, 0.25) is 0 Å².